The molecule has 1 unspecified atom stereocenters. The van der Waals surface area contributed by atoms with E-state index in [1.807, 2.05) is 12.1 Å². The minimum atomic E-state index is -0.826. The molecular weight excluding hydrogens is 386 g/mol. The first-order valence-electron chi connectivity index (χ1n) is 9.67. The average molecular weight is 405 g/mol. The van der Waals surface area contributed by atoms with Crippen LogP contribution in [0.2, 0.25) is 0 Å². The molecular formula is C21H19N5O4. The molecule has 2 amide bonds. The Bertz CT molecular complexity index is 1140. The third-order valence-electron chi connectivity index (χ3n) is 5.13. The second kappa shape index (κ2) is 6.94. The van der Waals surface area contributed by atoms with Gasteiger partial charge in [-0.05, 0) is 31.9 Å². The molecule has 2 aliphatic heterocycles. The Morgan fingerprint density at radius 2 is 2.00 bits per heavy atom. The standard InChI is InChI=1S/C21H19N5O4/c1-11-12(2)22-21(24-19(11)27)26-18(9-14(25-26)13-7-8-13)23-20(28)17-10-29-15-5-3-4-6-16(15)30-17/h3-6,9,13,17H,1,7-8,10H2,2H3,(H,23,28). The number of aromatic nitrogens is 2. The molecule has 2 aromatic rings. The van der Waals surface area contributed by atoms with Crippen molar-refractivity contribution in [1.82, 2.24) is 9.78 Å². The molecule has 5 rings (SSSR count). The van der Waals surface area contributed by atoms with Gasteiger partial charge in [0.15, 0.2) is 11.5 Å². The average Bonchev–Trinajstić information content (AvgIpc) is 3.52. The van der Waals surface area contributed by atoms with Gasteiger partial charge < -0.3 is 14.8 Å². The van der Waals surface area contributed by atoms with E-state index in [0.29, 0.717) is 28.9 Å². The van der Waals surface area contributed by atoms with Crippen molar-refractivity contribution in [2.45, 2.75) is 31.8 Å². The second-order valence-corrected chi connectivity index (χ2v) is 7.39. The highest BCUT2D eigenvalue weighted by Gasteiger charge is 2.32. The van der Waals surface area contributed by atoms with Crippen LogP contribution in [0.1, 0.15) is 31.4 Å². The number of aliphatic imine (C=N–C) groups is 2. The lowest BCUT2D eigenvalue weighted by molar-refractivity contribution is -0.125. The number of anilines is 1. The highest BCUT2D eigenvalue weighted by atomic mass is 16.6. The number of rotatable bonds is 3. The number of carbonyl (C=O) groups is 2. The fourth-order valence-electron chi connectivity index (χ4n) is 3.23. The maximum atomic E-state index is 12.9. The first-order valence-corrected chi connectivity index (χ1v) is 9.67. The number of benzene rings is 1. The molecule has 0 saturated heterocycles. The smallest absolute Gasteiger partial charge is 0.281 e. The number of amides is 2. The maximum Gasteiger partial charge on any atom is 0.281 e. The van der Waals surface area contributed by atoms with E-state index in [1.165, 1.54) is 4.68 Å². The van der Waals surface area contributed by atoms with E-state index in [9.17, 15) is 9.59 Å². The number of nitrogens with one attached hydrogen (secondary N) is 1. The Hall–Kier alpha value is -3.75. The fraction of sp³-hybridized carbons (Fsp3) is 0.286. The summed E-state index contributed by atoms with van der Waals surface area (Å²) in [5.74, 6) is 1.06. The molecule has 0 spiro atoms. The zero-order chi connectivity index (χ0) is 20.8. The molecule has 1 N–H and O–H groups in total. The summed E-state index contributed by atoms with van der Waals surface area (Å²) in [6, 6.07) is 8.97. The third kappa shape index (κ3) is 3.28. The third-order valence-corrected chi connectivity index (χ3v) is 5.13. The zero-order valence-electron chi connectivity index (χ0n) is 16.3. The molecule has 1 saturated carbocycles. The monoisotopic (exact) mass is 405 g/mol. The van der Waals surface area contributed by atoms with Crippen molar-refractivity contribution in [2.24, 2.45) is 9.98 Å². The Morgan fingerprint density at radius 1 is 1.23 bits per heavy atom. The van der Waals surface area contributed by atoms with E-state index in [0.717, 1.165) is 18.5 Å². The first-order chi connectivity index (χ1) is 14.5. The largest absolute Gasteiger partial charge is 0.485 e. The number of fused-ring (bicyclic) bond motifs is 1. The predicted octanol–water partition coefficient (Wildman–Crippen LogP) is 2.30. The number of nitrogens with zero attached hydrogens (tertiary/aromatic N) is 4. The molecule has 3 heterocycles. The van der Waals surface area contributed by atoms with Crippen LogP contribution in [0.25, 0.3) is 0 Å². The van der Waals surface area contributed by atoms with Gasteiger partial charge in [0.1, 0.15) is 12.4 Å². The molecule has 1 aromatic heterocycles. The van der Waals surface area contributed by atoms with Crippen LogP contribution in [0.4, 0.5) is 5.82 Å². The molecule has 1 aromatic carbocycles. The first kappa shape index (κ1) is 18.3. The maximum absolute atomic E-state index is 12.9. The van der Waals surface area contributed by atoms with Crippen LogP contribution in [-0.4, -0.2) is 46.0 Å². The predicted molar refractivity (Wildman–Crippen MR) is 109 cm³/mol. The Labute approximate surface area is 172 Å². The molecule has 3 aliphatic rings. The van der Waals surface area contributed by atoms with Gasteiger partial charge >= 0.3 is 0 Å². The van der Waals surface area contributed by atoms with E-state index < -0.39 is 12.0 Å². The van der Waals surface area contributed by atoms with Crippen molar-refractivity contribution in [3.8, 4) is 11.5 Å². The van der Waals surface area contributed by atoms with Gasteiger partial charge in [0.25, 0.3) is 17.8 Å². The van der Waals surface area contributed by atoms with Crippen molar-refractivity contribution in [1.29, 1.82) is 0 Å². The van der Waals surface area contributed by atoms with E-state index in [-0.39, 0.29) is 24.0 Å². The van der Waals surface area contributed by atoms with Gasteiger partial charge in [-0.15, -0.1) is 0 Å². The molecule has 1 fully saturated rings. The van der Waals surface area contributed by atoms with Gasteiger partial charge in [-0.25, -0.2) is 4.99 Å². The van der Waals surface area contributed by atoms with E-state index in [4.69, 9.17) is 9.47 Å². The lowest BCUT2D eigenvalue weighted by atomic mass is 10.2. The summed E-state index contributed by atoms with van der Waals surface area (Å²) >= 11 is 0. The van der Waals surface area contributed by atoms with Crippen LogP contribution < -0.4 is 14.8 Å². The van der Waals surface area contributed by atoms with Gasteiger partial charge in [0.05, 0.1) is 17.0 Å². The molecule has 0 radical (unpaired) electrons. The molecule has 152 valence electrons. The van der Waals surface area contributed by atoms with Crippen LogP contribution >= 0.6 is 0 Å². The number of ether oxygens (including phenoxy) is 2. The summed E-state index contributed by atoms with van der Waals surface area (Å²) in [5, 5.41) is 7.36. The normalized spacial score (nSPS) is 20.5. The van der Waals surface area contributed by atoms with E-state index in [1.54, 1.807) is 25.1 Å². The van der Waals surface area contributed by atoms with Gasteiger partial charge in [-0.1, -0.05) is 18.7 Å². The van der Waals surface area contributed by atoms with E-state index in [2.05, 4.69) is 27.0 Å². The number of hydrogen-bond donors (Lipinski definition) is 1. The molecule has 9 heteroatoms. The number of carbonyl (C=O) groups excluding carboxylic acids is 2. The van der Waals surface area contributed by atoms with Crippen LogP contribution in [0.15, 0.2) is 52.5 Å². The van der Waals surface area contributed by atoms with Gasteiger partial charge in [-0.3, -0.25) is 9.59 Å². The van der Waals surface area contributed by atoms with Crippen LogP contribution in [0, 0.1) is 0 Å². The Morgan fingerprint density at radius 3 is 2.73 bits per heavy atom. The summed E-state index contributed by atoms with van der Waals surface area (Å²) < 4.78 is 12.8. The van der Waals surface area contributed by atoms with Crippen LogP contribution in [-0.2, 0) is 9.59 Å². The highest BCUT2D eigenvalue weighted by Crippen LogP contribution is 2.40. The Kier molecular flexibility index (Phi) is 4.23. The van der Waals surface area contributed by atoms with Gasteiger partial charge in [0, 0.05) is 12.0 Å². The lowest BCUT2D eigenvalue weighted by Crippen LogP contribution is -2.40. The van der Waals surface area contributed by atoms with Crippen LogP contribution in [0.5, 0.6) is 11.5 Å². The summed E-state index contributed by atoms with van der Waals surface area (Å²) in [6.45, 7) is 5.45. The topological polar surface area (TPSA) is 107 Å². The molecule has 0 bridgehead atoms. The van der Waals surface area contributed by atoms with Crippen molar-refractivity contribution < 1.29 is 19.1 Å². The second-order valence-electron chi connectivity index (χ2n) is 7.39. The minimum Gasteiger partial charge on any atom is -0.485 e. The number of para-hydroxylation sites is 2. The fourth-order valence-corrected chi connectivity index (χ4v) is 3.23. The van der Waals surface area contributed by atoms with Gasteiger partial charge in [-0.2, -0.15) is 14.8 Å². The quantitative estimate of drug-likeness (QED) is 0.789. The van der Waals surface area contributed by atoms with Crippen molar-refractivity contribution in [3.05, 3.63) is 48.2 Å². The lowest BCUT2D eigenvalue weighted by Gasteiger charge is -2.25. The number of hydrogen-bond acceptors (Lipinski definition) is 6. The molecule has 1 atom stereocenters. The minimum absolute atomic E-state index is 0.0863. The van der Waals surface area contributed by atoms with Crippen molar-refractivity contribution >= 4 is 29.3 Å². The Balaban J connectivity index is 1.42. The molecule has 30 heavy (non-hydrogen) atoms. The SMILES string of the molecule is C=C1C(=O)N=C(n2nc(C3CC3)cc2NC(=O)C2COc3ccccc3O2)N=C1C. The zero-order valence-corrected chi connectivity index (χ0v) is 16.3. The van der Waals surface area contributed by atoms with Crippen molar-refractivity contribution in [2.75, 3.05) is 11.9 Å². The van der Waals surface area contributed by atoms with E-state index >= 15 is 0 Å². The summed E-state index contributed by atoms with van der Waals surface area (Å²) in [4.78, 5) is 33.3. The van der Waals surface area contributed by atoms with Gasteiger partial charge in [0.2, 0.25) is 6.10 Å². The van der Waals surface area contributed by atoms with Crippen LogP contribution in [0.3, 0.4) is 0 Å². The highest BCUT2D eigenvalue weighted by molar-refractivity contribution is 6.27. The molecule has 9 nitrogen and oxygen atoms in total. The van der Waals surface area contributed by atoms with Crippen molar-refractivity contribution in [3.63, 3.8) is 0 Å². The summed E-state index contributed by atoms with van der Waals surface area (Å²) in [5.41, 5.74) is 1.53. The molecule has 1 aliphatic carbocycles. The summed E-state index contributed by atoms with van der Waals surface area (Å²) in [7, 11) is 0. The summed E-state index contributed by atoms with van der Waals surface area (Å²) in [6.07, 6.45) is 1.24.